The Kier molecular flexibility index (Phi) is 3.84. The number of nitrogens with two attached hydrogens (primary N) is 1. The first-order chi connectivity index (χ1) is 10.5. The first kappa shape index (κ1) is 14.9. The van der Waals surface area contributed by atoms with E-state index in [1.54, 1.807) is 6.07 Å². The van der Waals surface area contributed by atoms with Gasteiger partial charge in [-0.15, -0.1) is 0 Å². The van der Waals surface area contributed by atoms with Crippen molar-refractivity contribution in [3.63, 3.8) is 0 Å². The summed E-state index contributed by atoms with van der Waals surface area (Å²) in [5.41, 5.74) is 6.07. The molecular weight excluding hydrogens is 308 g/mol. The Bertz CT molecular complexity index is 710. The van der Waals surface area contributed by atoms with Crippen molar-refractivity contribution < 1.29 is 9.45 Å². The molecular formula is C14H15ClN4O3. The second kappa shape index (κ2) is 5.66. The van der Waals surface area contributed by atoms with Crippen LogP contribution >= 0.6 is 11.6 Å². The molecule has 2 N–H and O–H groups in total. The Morgan fingerprint density at radius 3 is 2.68 bits per heavy atom. The van der Waals surface area contributed by atoms with Crippen molar-refractivity contribution in [2.75, 3.05) is 0 Å². The van der Waals surface area contributed by atoms with Crippen molar-refractivity contribution in [1.29, 1.82) is 0 Å². The van der Waals surface area contributed by atoms with Crippen molar-refractivity contribution in [2.45, 2.75) is 37.6 Å². The van der Waals surface area contributed by atoms with Gasteiger partial charge in [-0.25, -0.2) is 0 Å². The number of hydrogen-bond donors (Lipinski definition) is 1. The minimum atomic E-state index is -0.579. The van der Waals surface area contributed by atoms with E-state index in [1.165, 1.54) is 12.1 Å². The molecule has 0 unspecified atom stereocenters. The standard InChI is InChI=1S/C14H15ClN4O3/c15-10-6-9(7-11(8-10)19(20)21)12-17-13(18-22-12)14(16)4-2-1-3-5-14/h6-8H,1-5,16H2. The summed E-state index contributed by atoms with van der Waals surface area (Å²) in [4.78, 5) is 14.7. The van der Waals surface area contributed by atoms with Crippen LogP contribution in [0.4, 0.5) is 5.69 Å². The topological polar surface area (TPSA) is 108 Å². The summed E-state index contributed by atoms with van der Waals surface area (Å²) < 4.78 is 5.24. The number of non-ortho nitro benzene ring substituents is 1. The molecule has 0 bridgehead atoms. The van der Waals surface area contributed by atoms with Crippen molar-refractivity contribution in [3.8, 4) is 11.5 Å². The lowest BCUT2D eigenvalue weighted by Crippen LogP contribution is -2.39. The number of halogens is 1. The van der Waals surface area contributed by atoms with E-state index in [2.05, 4.69) is 10.1 Å². The smallest absolute Gasteiger partial charge is 0.271 e. The summed E-state index contributed by atoms with van der Waals surface area (Å²) in [7, 11) is 0. The van der Waals surface area contributed by atoms with Crippen molar-refractivity contribution in [1.82, 2.24) is 10.1 Å². The lowest BCUT2D eigenvalue weighted by Gasteiger charge is -2.29. The summed E-state index contributed by atoms with van der Waals surface area (Å²) in [6.45, 7) is 0. The molecule has 1 aliphatic carbocycles. The minimum absolute atomic E-state index is 0.123. The van der Waals surface area contributed by atoms with E-state index in [-0.39, 0.29) is 16.6 Å². The van der Waals surface area contributed by atoms with E-state index >= 15 is 0 Å². The van der Waals surface area contributed by atoms with Gasteiger partial charge in [-0.2, -0.15) is 4.98 Å². The van der Waals surface area contributed by atoms with Crippen LogP contribution in [-0.2, 0) is 5.54 Å². The number of nitrogens with zero attached hydrogens (tertiary/aromatic N) is 3. The molecule has 0 aliphatic heterocycles. The molecule has 1 aromatic carbocycles. The Morgan fingerprint density at radius 1 is 1.27 bits per heavy atom. The molecule has 22 heavy (non-hydrogen) atoms. The van der Waals surface area contributed by atoms with Gasteiger partial charge in [0.15, 0.2) is 5.82 Å². The van der Waals surface area contributed by atoms with Gasteiger partial charge >= 0.3 is 0 Å². The monoisotopic (exact) mass is 322 g/mol. The molecule has 3 rings (SSSR count). The molecule has 0 amide bonds. The van der Waals surface area contributed by atoms with Crippen molar-refractivity contribution in [2.24, 2.45) is 5.73 Å². The average Bonchev–Trinajstić information content (AvgIpc) is 2.98. The lowest BCUT2D eigenvalue weighted by molar-refractivity contribution is -0.384. The van der Waals surface area contributed by atoms with E-state index in [1.807, 2.05) is 0 Å². The Hall–Kier alpha value is -1.99. The number of hydrogen-bond acceptors (Lipinski definition) is 6. The maximum Gasteiger partial charge on any atom is 0.271 e. The van der Waals surface area contributed by atoms with Crippen LogP contribution in [0.25, 0.3) is 11.5 Å². The highest BCUT2D eigenvalue weighted by molar-refractivity contribution is 6.31. The third-order valence-electron chi connectivity index (χ3n) is 3.96. The maximum absolute atomic E-state index is 10.9. The van der Waals surface area contributed by atoms with Gasteiger partial charge in [0.05, 0.1) is 10.5 Å². The van der Waals surface area contributed by atoms with E-state index in [9.17, 15) is 10.1 Å². The quantitative estimate of drug-likeness (QED) is 0.685. The molecule has 1 heterocycles. The highest BCUT2D eigenvalue weighted by Gasteiger charge is 2.34. The number of benzene rings is 1. The van der Waals surface area contributed by atoms with Crippen LogP contribution < -0.4 is 5.73 Å². The molecule has 0 atom stereocenters. The van der Waals surface area contributed by atoms with Crippen molar-refractivity contribution >= 4 is 17.3 Å². The van der Waals surface area contributed by atoms with Crippen LogP contribution in [0.15, 0.2) is 22.7 Å². The van der Waals surface area contributed by atoms with Crippen LogP contribution in [0, 0.1) is 10.1 Å². The number of rotatable bonds is 3. The molecule has 0 radical (unpaired) electrons. The van der Waals surface area contributed by atoms with E-state index in [0.717, 1.165) is 32.1 Å². The molecule has 0 spiro atoms. The van der Waals surface area contributed by atoms with Gasteiger partial charge in [-0.1, -0.05) is 36.0 Å². The zero-order chi connectivity index (χ0) is 15.7. The maximum atomic E-state index is 10.9. The Balaban J connectivity index is 1.95. The van der Waals surface area contributed by atoms with Gasteiger partial charge in [0.25, 0.3) is 11.6 Å². The molecule has 1 saturated carbocycles. The van der Waals surface area contributed by atoms with Gasteiger partial charge in [-0.05, 0) is 18.9 Å². The van der Waals surface area contributed by atoms with Crippen LogP contribution in [0.3, 0.4) is 0 Å². The Morgan fingerprint density at radius 2 is 2.00 bits per heavy atom. The minimum Gasteiger partial charge on any atom is -0.334 e. The summed E-state index contributed by atoms with van der Waals surface area (Å²) >= 11 is 5.91. The average molecular weight is 323 g/mol. The van der Waals surface area contributed by atoms with Crippen LogP contribution in [0.2, 0.25) is 5.02 Å². The van der Waals surface area contributed by atoms with E-state index in [4.69, 9.17) is 21.9 Å². The normalized spacial score (nSPS) is 17.4. The van der Waals surface area contributed by atoms with Crippen LogP contribution in [-0.4, -0.2) is 15.1 Å². The first-order valence-electron chi connectivity index (χ1n) is 7.06. The molecule has 1 aromatic heterocycles. The van der Waals surface area contributed by atoms with Gasteiger partial charge < -0.3 is 10.3 Å². The SMILES string of the molecule is NC1(c2noc(-c3cc(Cl)cc([N+](=O)[O-])c3)n2)CCCCC1. The summed E-state index contributed by atoms with van der Waals surface area (Å²) in [5, 5.41) is 15.1. The number of aromatic nitrogens is 2. The lowest BCUT2D eigenvalue weighted by atomic mass is 9.82. The highest BCUT2D eigenvalue weighted by atomic mass is 35.5. The molecule has 0 saturated heterocycles. The molecule has 7 nitrogen and oxygen atoms in total. The zero-order valence-corrected chi connectivity index (χ0v) is 12.5. The van der Waals surface area contributed by atoms with E-state index in [0.29, 0.717) is 11.4 Å². The van der Waals surface area contributed by atoms with E-state index < -0.39 is 10.5 Å². The van der Waals surface area contributed by atoms with Gasteiger partial charge in [0, 0.05) is 22.7 Å². The van der Waals surface area contributed by atoms with Gasteiger partial charge in [0.1, 0.15) is 0 Å². The fourth-order valence-corrected chi connectivity index (χ4v) is 2.98. The number of nitro benzene ring substituents is 1. The highest BCUT2D eigenvalue weighted by Crippen LogP contribution is 2.34. The largest absolute Gasteiger partial charge is 0.334 e. The van der Waals surface area contributed by atoms with Gasteiger partial charge in [-0.3, -0.25) is 10.1 Å². The van der Waals surface area contributed by atoms with Crippen LogP contribution in [0.5, 0.6) is 0 Å². The Labute approximate surface area is 131 Å². The summed E-state index contributed by atoms with van der Waals surface area (Å²) in [6.07, 6.45) is 4.83. The second-order valence-electron chi connectivity index (χ2n) is 5.60. The van der Waals surface area contributed by atoms with Crippen molar-refractivity contribution in [3.05, 3.63) is 39.2 Å². The predicted molar refractivity (Wildman–Crippen MR) is 80.3 cm³/mol. The molecule has 1 aliphatic rings. The third-order valence-corrected chi connectivity index (χ3v) is 4.18. The third kappa shape index (κ3) is 2.82. The fourth-order valence-electron chi connectivity index (χ4n) is 2.75. The predicted octanol–water partition coefficient (Wildman–Crippen LogP) is 3.42. The van der Waals surface area contributed by atoms with Crippen LogP contribution in [0.1, 0.15) is 37.9 Å². The van der Waals surface area contributed by atoms with Gasteiger partial charge in [0.2, 0.25) is 0 Å². The molecule has 2 aromatic rings. The number of nitro groups is 1. The molecule has 116 valence electrons. The summed E-state index contributed by atoms with van der Waals surface area (Å²) in [6, 6.07) is 4.18. The summed E-state index contributed by atoms with van der Waals surface area (Å²) in [5.74, 6) is 0.640. The second-order valence-corrected chi connectivity index (χ2v) is 6.03. The fraction of sp³-hybridized carbons (Fsp3) is 0.429. The molecule has 8 heteroatoms. The zero-order valence-electron chi connectivity index (χ0n) is 11.8. The first-order valence-corrected chi connectivity index (χ1v) is 7.44. The molecule has 1 fully saturated rings.